The van der Waals surface area contributed by atoms with Crippen LogP contribution in [0.15, 0.2) is 78.9 Å². The van der Waals surface area contributed by atoms with Gasteiger partial charge in [0, 0.05) is 41.0 Å². The second kappa shape index (κ2) is 10.9. The highest BCUT2D eigenvalue weighted by molar-refractivity contribution is 6.31. The minimum Gasteiger partial charge on any atom is -0.339 e. The Bertz CT molecular complexity index is 1450. The lowest BCUT2D eigenvalue weighted by Gasteiger charge is -2.17. The fraction of sp³-hybridized carbons (Fsp3) is 0.194. The molecule has 0 radical (unpaired) electrons. The van der Waals surface area contributed by atoms with E-state index in [0.29, 0.717) is 29.0 Å². The Kier molecular flexibility index (Phi) is 7.24. The first-order chi connectivity index (χ1) is 17.6. The molecule has 5 heteroatoms. The van der Waals surface area contributed by atoms with Crippen LogP contribution in [0.1, 0.15) is 56.8 Å². The molecule has 1 fully saturated rings. The molecule has 1 saturated heterocycles. The van der Waals surface area contributed by atoms with E-state index < -0.39 is 0 Å². The first-order valence-corrected chi connectivity index (χ1v) is 12.7. The summed E-state index contributed by atoms with van der Waals surface area (Å²) in [4.78, 5) is 32.5. The lowest BCUT2D eigenvalue weighted by atomic mass is 9.97. The Hall–Kier alpha value is -3.76. The summed E-state index contributed by atoms with van der Waals surface area (Å²) in [6.45, 7) is 1.63. The molecule has 5 rings (SSSR count). The molecular formula is C31H27ClN2O2. The van der Waals surface area contributed by atoms with Crippen molar-refractivity contribution >= 4 is 46.3 Å². The third kappa shape index (κ3) is 5.55. The van der Waals surface area contributed by atoms with Gasteiger partial charge < -0.3 is 4.90 Å². The molecule has 180 valence electrons. The Morgan fingerprint density at radius 3 is 2.56 bits per heavy atom. The monoisotopic (exact) mass is 494 g/mol. The van der Waals surface area contributed by atoms with Crippen molar-refractivity contribution in [2.24, 2.45) is 0 Å². The Morgan fingerprint density at radius 1 is 0.889 bits per heavy atom. The maximum absolute atomic E-state index is 13.0. The fourth-order valence-electron chi connectivity index (χ4n) is 4.63. The number of aryl methyl sites for hydroxylation is 1. The van der Waals surface area contributed by atoms with Gasteiger partial charge in [0.05, 0.1) is 11.2 Å². The highest BCUT2D eigenvalue weighted by atomic mass is 35.5. The SMILES string of the molecule is O=C(CCc1ccccc1C(=O)N1CCCC1)c1cccc(/C=C/c2ccc3ccc(Cl)cc3n2)c1. The number of rotatable bonds is 7. The van der Waals surface area contributed by atoms with E-state index in [1.807, 2.05) is 95.9 Å². The molecule has 0 spiro atoms. The first kappa shape index (κ1) is 24.0. The van der Waals surface area contributed by atoms with Crippen LogP contribution in [0.25, 0.3) is 23.1 Å². The maximum Gasteiger partial charge on any atom is 0.254 e. The van der Waals surface area contributed by atoms with Crippen LogP contribution in [0.2, 0.25) is 5.02 Å². The maximum atomic E-state index is 13.0. The Labute approximate surface area is 216 Å². The minimum absolute atomic E-state index is 0.0622. The predicted octanol–water partition coefficient (Wildman–Crippen LogP) is 7.11. The van der Waals surface area contributed by atoms with E-state index in [1.54, 1.807) is 0 Å². The van der Waals surface area contributed by atoms with Crippen LogP contribution in [0, 0.1) is 0 Å². The summed E-state index contributed by atoms with van der Waals surface area (Å²) in [5, 5.41) is 1.69. The Balaban J connectivity index is 1.27. The quantitative estimate of drug-likeness (QED) is 0.257. The van der Waals surface area contributed by atoms with Crippen LogP contribution in [-0.2, 0) is 6.42 Å². The van der Waals surface area contributed by atoms with Gasteiger partial charge in [-0.05, 0) is 66.8 Å². The van der Waals surface area contributed by atoms with Gasteiger partial charge in [-0.2, -0.15) is 0 Å². The average molecular weight is 495 g/mol. The number of hydrogen-bond acceptors (Lipinski definition) is 3. The molecule has 1 amide bonds. The van der Waals surface area contributed by atoms with E-state index in [4.69, 9.17) is 11.6 Å². The second-order valence-electron chi connectivity index (χ2n) is 9.11. The number of aromatic nitrogens is 1. The van der Waals surface area contributed by atoms with Crippen molar-refractivity contribution in [3.8, 4) is 0 Å². The third-order valence-corrected chi connectivity index (χ3v) is 6.83. The van der Waals surface area contributed by atoms with Crippen molar-refractivity contribution < 1.29 is 9.59 Å². The van der Waals surface area contributed by atoms with Gasteiger partial charge >= 0.3 is 0 Å². The van der Waals surface area contributed by atoms with E-state index in [-0.39, 0.29) is 11.7 Å². The minimum atomic E-state index is 0.0622. The molecule has 4 nitrogen and oxygen atoms in total. The molecule has 0 aliphatic carbocycles. The summed E-state index contributed by atoms with van der Waals surface area (Å²) >= 11 is 6.10. The summed E-state index contributed by atoms with van der Waals surface area (Å²) in [6, 6.07) is 24.9. The topological polar surface area (TPSA) is 50.3 Å². The van der Waals surface area contributed by atoms with Crippen LogP contribution in [-0.4, -0.2) is 34.7 Å². The van der Waals surface area contributed by atoms with Crippen molar-refractivity contribution in [2.75, 3.05) is 13.1 Å². The van der Waals surface area contributed by atoms with Gasteiger partial charge in [0.15, 0.2) is 5.78 Å². The number of likely N-dealkylation sites (tertiary alicyclic amines) is 1. The summed E-state index contributed by atoms with van der Waals surface area (Å²) in [5.41, 5.74) is 4.91. The van der Waals surface area contributed by atoms with Crippen molar-refractivity contribution in [3.05, 3.63) is 112 Å². The van der Waals surface area contributed by atoms with Crippen LogP contribution in [0.5, 0.6) is 0 Å². The van der Waals surface area contributed by atoms with Gasteiger partial charge in [0.2, 0.25) is 0 Å². The average Bonchev–Trinajstić information content (AvgIpc) is 3.45. The first-order valence-electron chi connectivity index (χ1n) is 12.3. The molecule has 3 aromatic carbocycles. The van der Waals surface area contributed by atoms with E-state index in [2.05, 4.69) is 4.98 Å². The number of carbonyl (C=O) groups excluding carboxylic acids is 2. The van der Waals surface area contributed by atoms with Gasteiger partial charge in [0.25, 0.3) is 5.91 Å². The molecule has 0 saturated carbocycles. The van der Waals surface area contributed by atoms with Crippen molar-refractivity contribution in [1.82, 2.24) is 9.88 Å². The van der Waals surface area contributed by atoms with Gasteiger partial charge in [-0.1, -0.05) is 66.2 Å². The molecule has 4 aromatic rings. The number of Topliss-reactive ketones (excluding diaryl/α,β-unsaturated/α-hetero) is 1. The molecule has 1 aromatic heterocycles. The largest absolute Gasteiger partial charge is 0.339 e. The lowest BCUT2D eigenvalue weighted by Crippen LogP contribution is -2.28. The van der Waals surface area contributed by atoms with E-state index in [0.717, 1.165) is 53.7 Å². The van der Waals surface area contributed by atoms with Crippen molar-refractivity contribution in [3.63, 3.8) is 0 Å². The smallest absolute Gasteiger partial charge is 0.254 e. The number of hydrogen-bond donors (Lipinski definition) is 0. The van der Waals surface area contributed by atoms with Gasteiger partial charge in [-0.15, -0.1) is 0 Å². The molecule has 1 aliphatic heterocycles. The molecule has 1 aliphatic rings. The van der Waals surface area contributed by atoms with E-state index in [1.165, 1.54) is 0 Å². The van der Waals surface area contributed by atoms with Gasteiger partial charge in [0.1, 0.15) is 0 Å². The third-order valence-electron chi connectivity index (χ3n) is 6.59. The summed E-state index contributed by atoms with van der Waals surface area (Å²) in [5.74, 6) is 0.138. The highest BCUT2D eigenvalue weighted by Gasteiger charge is 2.21. The molecule has 0 atom stereocenters. The standard InChI is InChI=1S/C31H27ClN2O2/c32-26-14-11-24-12-16-27(33-29(24)21-26)15-10-22-6-5-8-25(20-22)30(35)17-13-23-7-1-2-9-28(23)31(36)34-18-3-4-19-34/h1-2,5-12,14-16,20-21H,3-4,13,17-19H2/b15-10+. The van der Waals surface area contributed by atoms with Crippen molar-refractivity contribution in [2.45, 2.75) is 25.7 Å². The number of benzene rings is 3. The van der Waals surface area contributed by atoms with Crippen LogP contribution < -0.4 is 0 Å². The number of ketones is 1. The van der Waals surface area contributed by atoms with Crippen LogP contribution in [0.4, 0.5) is 0 Å². The molecule has 2 heterocycles. The van der Waals surface area contributed by atoms with E-state index in [9.17, 15) is 9.59 Å². The second-order valence-corrected chi connectivity index (χ2v) is 9.55. The fourth-order valence-corrected chi connectivity index (χ4v) is 4.79. The Morgan fingerprint density at radius 2 is 1.69 bits per heavy atom. The highest BCUT2D eigenvalue weighted by Crippen LogP contribution is 2.21. The molecule has 0 bridgehead atoms. The summed E-state index contributed by atoms with van der Waals surface area (Å²) < 4.78 is 0. The summed E-state index contributed by atoms with van der Waals surface area (Å²) in [6.07, 6.45) is 6.90. The van der Waals surface area contributed by atoms with Crippen LogP contribution in [0.3, 0.4) is 0 Å². The number of carbonyl (C=O) groups is 2. The predicted molar refractivity (Wildman–Crippen MR) is 146 cm³/mol. The molecule has 0 unspecified atom stereocenters. The molecular weight excluding hydrogens is 468 g/mol. The van der Waals surface area contributed by atoms with E-state index >= 15 is 0 Å². The lowest BCUT2D eigenvalue weighted by molar-refractivity contribution is 0.0790. The normalized spacial score (nSPS) is 13.5. The number of fused-ring (bicyclic) bond motifs is 1. The molecule has 0 N–H and O–H groups in total. The number of amides is 1. The zero-order valence-corrected chi connectivity index (χ0v) is 20.7. The number of pyridine rings is 1. The van der Waals surface area contributed by atoms with Crippen LogP contribution >= 0.6 is 11.6 Å². The van der Waals surface area contributed by atoms with Gasteiger partial charge in [-0.25, -0.2) is 4.98 Å². The van der Waals surface area contributed by atoms with Gasteiger partial charge in [-0.3, -0.25) is 9.59 Å². The van der Waals surface area contributed by atoms with Crippen molar-refractivity contribution in [1.29, 1.82) is 0 Å². The summed E-state index contributed by atoms with van der Waals surface area (Å²) in [7, 11) is 0. The zero-order chi connectivity index (χ0) is 24.9. The molecule has 36 heavy (non-hydrogen) atoms. The zero-order valence-electron chi connectivity index (χ0n) is 20.0. The number of nitrogens with zero attached hydrogens (tertiary/aromatic N) is 2. The number of halogens is 1.